The Morgan fingerprint density at radius 3 is 2.82 bits per heavy atom. The molecule has 4 nitrogen and oxygen atoms in total. The number of Topliss-reactive ketones (excluding diaryl/α,β-unsaturated/α-hetero) is 1. The van der Waals surface area contributed by atoms with Crippen molar-refractivity contribution in [2.24, 2.45) is 0 Å². The fourth-order valence-electron chi connectivity index (χ4n) is 1.66. The van der Waals surface area contributed by atoms with E-state index in [1.807, 2.05) is 0 Å². The van der Waals surface area contributed by atoms with Crippen LogP contribution >= 0.6 is 0 Å². The zero-order valence-electron chi connectivity index (χ0n) is 9.40. The Labute approximate surface area is 97.5 Å². The van der Waals surface area contributed by atoms with Crippen molar-refractivity contribution in [3.05, 3.63) is 40.2 Å². The number of phenols is 1. The number of phenolic OH excluding ortho intramolecular Hbond substituents is 1. The maximum atomic E-state index is 11.0. The van der Waals surface area contributed by atoms with Crippen LogP contribution in [0.15, 0.2) is 33.5 Å². The highest BCUT2D eigenvalue weighted by Gasteiger charge is 2.07. The second kappa shape index (κ2) is 4.41. The molecule has 17 heavy (non-hydrogen) atoms. The van der Waals surface area contributed by atoms with Gasteiger partial charge in [-0.1, -0.05) is 0 Å². The summed E-state index contributed by atoms with van der Waals surface area (Å²) in [5.74, 6) is 0.122. The first-order chi connectivity index (χ1) is 8.06. The first kappa shape index (κ1) is 11.4. The molecule has 0 radical (unpaired) electrons. The first-order valence-corrected chi connectivity index (χ1v) is 5.31. The summed E-state index contributed by atoms with van der Waals surface area (Å²) in [5, 5.41) is 10.5. The van der Waals surface area contributed by atoms with E-state index in [2.05, 4.69) is 0 Å². The van der Waals surface area contributed by atoms with Gasteiger partial charge in [-0.25, -0.2) is 4.79 Å². The number of rotatable bonds is 3. The van der Waals surface area contributed by atoms with Crippen molar-refractivity contribution in [3.8, 4) is 5.75 Å². The summed E-state index contributed by atoms with van der Waals surface area (Å²) < 4.78 is 4.94. The molecule has 2 rings (SSSR count). The van der Waals surface area contributed by atoms with Gasteiger partial charge in [-0.05, 0) is 31.0 Å². The second-order valence-electron chi connectivity index (χ2n) is 3.98. The minimum atomic E-state index is -0.451. The number of carbonyl (C=O) groups excluding carboxylic acids is 1. The molecule has 88 valence electrons. The Balaban J connectivity index is 2.44. The Hall–Kier alpha value is -2.10. The standard InChI is InChI=1S/C13H12O4/c1-8(14)2-3-9-6-10-4-5-13(16)17-12(10)7-11(9)15/h4-7,15H,2-3H2,1H3. The van der Waals surface area contributed by atoms with E-state index >= 15 is 0 Å². The average Bonchev–Trinajstić information content (AvgIpc) is 2.26. The van der Waals surface area contributed by atoms with Crippen LogP contribution < -0.4 is 5.63 Å². The van der Waals surface area contributed by atoms with Crippen LogP contribution in [0.3, 0.4) is 0 Å². The van der Waals surface area contributed by atoms with Gasteiger partial charge < -0.3 is 14.3 Å². The van der Waals surface area contributed by atoms with Crippen molar-refractivity contribution in [2.45, 2.75) is 19.8 Å². The zero-order valence-corrected chi connectivity index (χ0v) is 9.40. The van der Waals surface area contributed by atoms with Gasteiger partial charge in [0.1, 0.15) is 17.1 Å². The summed E-state index contributed by atoms with van der Waals surface area (Å²) in [4.78, 5) is 21.9. The number of hydrogen-bond acceptors (Lipinski definition) is 4. The number of fused-ring (bicyclic) bond motifs is 1. The van der Waals surface area contributed by atoms with Gasteiger partial charge >= 0.3 is 5.63 Å². The van der Waals surface area contributed by atoms with Crippen molar-refractivity contribution in [2.75, 3.05) is 0 Å². The molecule has 1 aromatic heterocycles. The van der Waals surface area contributed by atoms with Gasteiger partial charge in [-0.3, -0.25) is 0 Å². The van der Waals surface area contributed by atoms with E-state index < -0.39 is 5.63 Å². The van der Waals surface area contributed by atoms with Crippen molar-refractivity contribution >= 4 is 16.8 Å². The van der Waals surface area contributed by atoms with Crippen LogP contribution in [0.5, 0.6) is 5.75 Å². The Kier molecular flexibility index (Phi) is 2.95. The average molecular weight is 232 g/mol. The molecule has 0 aliphatic rings. The fourth-order valence-corrected chi connectivity index (χ4v) is 1.66. The van der Waals surface area contributed by atoms with Crippen molar-refractivity contribution in [1.82, 2.24) is 0 Å². The smallest absolute Gasteiger partial charge is 0.336 e. The molecular formula is C13H12O4. The lowest BCUT2D eigenvalue weighted by atomic mass is 10.0. The molecule has 4 heteroatoms. The van der Waals surface area contributed by atoms with E-state index in [-0.39, 0.29) is 11.5 Å². The Morgan fingerprint density at radius 2 is 2.12 bits per heavy atom. The maximum absolute atomic E-state index is 11.0. The first-order valence-electron chi connectivity index (χ1n) is 5.31. The van der Waals surface area contributed by atoms with Crippen LogP contribution in [0.1, 0.15) is 18.9 Å². The van der Waals surface area contributed by atoms with Crippen molar-refractivity contribution in [1.29, 1.82) is 0 Å². The van der Waals surface area contributed by atoms with Gasteiger partial charge in [0.25, 0.3) is 0 Å². The normalized spacial score (nSPS) is 10.6. The molecule has 0 aliphatic heterocycles. The summed E-state index contributed by atoms with van der Waals surface area (Å²) in [6.07, 6.45) is 0.867. The van der Waals surface area contributed by atoms with Gasteiger partial charge in [0.15, 0.2) is 0 Å². The van der Waals surface area contributed by atoms with Gasteiger partial charge in [0.2, 0.25) is 0 Å². The molecule has 1 heterocycles. The number of carbonyl (C=O) groups is 1. The topological polar surface area (TPSA) is 67.5 Å². The lowest BCUT2D eigenvalue weighted by Crippen LogP contribution is -1.97. The largest absolute Gasteiger partial charge is 0.508 e. The highest BCUT2D eigenvalue weighted by Crippen LogP contribution is 2.25. The molecule has 0 spiro atoms. The van der Waals surface area contributed by atoms with E-state index in [9.17, 15) is 14.7 Å². The number of hydrogen-bond donors (Lipinski definition) is 1. The van der Waals surface area contributed by atoms with Gasteiger partial charge in [0.05, 0.1) is 0 Å². The van der Waals surface area contributed by atoms with Crippen molar-refractivity contribution < 1.29 is 14.3 Å². The quantitative estimate of drug-likeness (QED) is 0.822. The molecule has 0 amide bonds. The predicted molar refractivity (Wildman–Crippen MR) is 63.2 cm³/mol. The van der Waals surface area contributed by atoms with Crippen LogP contribution in [0.2, 0.25) is 0 Å². The molecule has 1 N–H and O–H groups in total. The molecule has 0 fully saturated rings. The molecule has 1 aromatic carbocycles. The lowest BCUT2D eigenvalue weighted by molar-refractivity contribution is -0.116. The second-order valence-corrected chi connectivity index (χ2v) is 3.98. The summed E-state index contributed by atoms with van der Waals surface area (Å²) in [6.45, 7) is 1.51. The number of benzene rings is 1. The molecule has 0 bridgehead atoms. The molecule has 0 atom stereocenters. The minimum Gasteiger partial charge on any atom is -0.508 e. The third-order valence-electron chi connectivity index (χ3n) is 2.57. The van der Waals surface area contributed by atoms with E-state index in [1.165, 1.54) is 19.1 Å². The fraction of sp³-hybridized carbons (Fsp3) is 0.231. The van der Waals surface area contributed by atoms with Crippen LogP contribution in [-0.4, -0.2) is 10.9 Å². The van der Waals surface area contributed by atoms with Crippen LogP contribution in [-0.2, 0) is 11.2 Å². The number of ketones is 1. The molecule has 0 saturated carbocycles. The third kappa shape index (κ3) is 2.53. The SMILES string of the molecule is CC(=O)CCc1cc2ccc(=O)oc2cc1O. The van der Waals surface area contributed by atoms with E-state index in [0.29, 0.717) is 24.0 Å². The number of aryl methyl sites for hydroxylation is 1. The Bertz CT molecular complexity index is 625. The zero-order chi connectivity index (χ0) is 12.4. The molecule has 0 unspecified atom stereocenters. The van der Waals surface area contributed by atoms with Crippen molar-refractivity contribution in [3.63, 3.8) is 0 Å². The molecular weight excluding hydrogens is 220 g/mol. The number of aromatic hydroxyl groups is 1. The highest BCUT2D eigenvalue weighted by atomic mass is 16.4. The van der Waals surface area contributed by atoms with Crippen LogP contribution in [0.4, 0.5) is 0 Å². The van der Waals surface area contributed by atoms with E-state index in [4.69, 9.17) is 4.42 Å². The van der Waals surface area contributed by atoms with E-state index in [1.54, 1.807) is 12.1 Å². The van der Waals surface area contributed by atoms with E-state index in [0.717, 1.165) is 5.39 Å². The molecule has 0 saturated heterocycles. The van der Waals surface area contributed by atoms with Gasteiger partial charge in [0, 0.05) is 23.9 Å². The van der Waals surface area contributed by atoms with Gasteiger partial charge in [-0.2, -0.15) is 0 Å². The predicted octanol–water partition coefficient (Wildman–Crippen LogP) is 2.02. The monoisotopic (exact) mass is 232 g/mol. The highest BCUT2D eigenvalue weighted by molar-refractivity contribution is 5.80. The van der Waals surface area contributed by atoms with Crippen LogP contribution in [0, 0.1) is 0 Å². The Morgan fingerprint density at radius 1 is 1.35 bits per heavy atom. The summed E-state index contributed by atoms with van der Waals surface area (Å²) in [6, 6.07) is 6.11. The van der Waals surface area contributed by atoms with Gasteiger partial charge in [-0.15, -0.1) is 0 Å². The van der Waals surface area contributed by atoms with Crippen LogP contribution in [0.25, 0.3) is 11.0 Å². The molecule has 0 aliphatic carbocycles. The minimum absolute atomic E-state index is 0.0492. The molecule has 2 aromatic rings. The lowest BCUT2D eigenvalue weighted by Gasteiger charge is -2.04. The third-order valence-corrected chi connectivity index (χ3v) is 2.57. The summed E-state index contributed by atoms with van der Waals surface area (Å²) >= 11 is 0. The summed E-state index contributed by atoms with van der Waals surface area (Å²) in [7, 11) is 0. The summed E-state index contributed by atoms with van der Waals surface area (Å²) in [5.41, 5.74) is 0.580. The maximum Gasteiger partial charge on any atom is 0.336 e.